The van der Waals surface area contributed by atoms with Gasteiger partial charge in [-0.25, -0.2) is 9.78 Å². The molecule has 25 heavy (non-hydrogen) atoms. The summed E-state index contributed by atoms with van der Waals surface area (Å²) in [5.41, 5.74) is 2.43. The number of hydrogen-bond donors (Lipinski definition) is 2. The molecule has 1 aliphatic rings. The quantitative estimate of drug-likeness (QED) is 0.800. The van der Waals surface area contributed by atoms with Crippen LogP contribution >= 0.6 is 11.6 Å². The molecule has 134 valence electrons. The highest BCUT2D eigenvalue weighted by molar-refractivity contribution is 6.30. The molecule has 9 heteroatoms. The van der Waals surface area contributed by atoms with E-state index in [1.54, 1.807) is 0 Å². The minimum absolute atomic E-state index is 0.546. The molecule has 0 amide bonds. The summed E-state index contributed by atoms with van der Waals surface area (Å²) in [5.74, 6) is -1.73. The zero-order chi connectivity index (χ0) is 18.6. The van der Waals surface area contributed by atoms with E-state index in [4.69, 9.17) is 26.9 Å². The maximum absolute atomic E-state index is 10.6. The molecule has 0 fully saturated rings. The number of fused-ring (bicyclic) bond motifs is 1. The average Bonchev–Trinajstić information content (AvgIpc) is 2.55. The van der Waals surface area contributed by atoms with Gasteiger partial charge in [-0.15, -0.1) is 0 Å². The van der Waals surface area contributed by atoms with E-state index in [-0.39, 0.29) is 0 Å². The minimum atomic E-state index is -5.08. The lowest BCUT2D eigenvalue weighted by Crippen LogP contribution is -2.28. The van der Waals surface area contributed by atoms with Gasteiger partial charge in [-0.3, -0.25) is 5.41 Å². The highest BCUT2D eigenvalue weighted by atomic mass is 35.5. The molecule has 0 unspecified atom stereocenters. The number of hydrogen-bond acceptors (Lipinski definition) is 3. The SMILES string of the molecule is N=c1cc(-c2ccc(Cl)cc2)nc2n1CCCC2.O=C(O)C(F)(F)F. The molecule has 0 atom stereocenters. The van der Waals surface area contributed by atoms with Crippen molar-refractivity contribution in [3.05, 3.63) is 46.7 Å². The van der Waals surface area contributed by atoms with Gasteiger partial charge in [-0.2, -0.15) is 13.2 Å². The summed E-state index contributed by atoms with van der Waals surface area (Å²) in [5, 5.41) is 15.9. The fourth-order valence-corrected chi connectivity index (χ4v) is 2.47. The fraction of sp³-hybridized carbons (Fsp3) is 0.312. The second kappa shape index (κ2) is 7.69. The van der Waals surface area contributed by atoms with Crippen molar-refractivity contribution < 1.29 is 23.1 Å². The Hall–Kier alpha value is -2.35. The van der Waals surface area contributed by atoms with Crippen molar-refractivity contribution in [2.75, 3.05) is 0 Å². The Labute approximate surface area is 146 Å². The Kier molecular flexibility index (Phi) is 5.84. The van der Waals surface area contributed by atoms with Crippen molar-refractivity contribution in [2.24, 2.45) is 0 Å². The summed E-state index contributed by atoms with van der Waals surface area (Å²) >= 11 is 5.88. The number of nitrogens with zero attached hydrogens (tertiary/aromatic N) is 2. The van der Waals surface area contributed by atoms with E-state index in [1.807, 2.05) is 34.9 Å². The van der Waals surface area contributed by atoms with Crippen LogP contribution in [0, 0.1) is 5.41 Å². The maximum Gasteiger partial charge on any atom is 0.490 e. The van der Waals surface area contributed by atoms with Gasteiger partial charge >= 0.3 is 12.1 Å². The average molecular weight is 374 g/mol. The molecule has 0 saturated heterocycles. The summed E-state index contributed by atoms with van der Waals surface area (Å²) in [6.07, 6.45) is -1.81. The number of nitrogens with one attached hydrogen (secondary N) is 1. The van der Waals surface area contributed by atoms with E-state index in [0.717, 1.165) is 47.9 Å². The first-order valence-electron chi connectivity index (χ1n) is 7.40. The van der Waals surface area contributed by atoms with Crippen LogP contribution in [0.3, 0.4) is 0 Å². The molecule has 1 aliphatic heterocycles. The van der Waals surface area contributed by atoms with Crippen molar-refractivity contribution in [3.63, 3.8) is 0 Å². The Balaban J connectivity index is 0.000000277. The monoisotopic (exact) mass is 373 g/mol. The first kappa shape index (κ1) is 19.0. The number of aromatic nitrogens is 2. The van der Waals surface area contributed by atoms with Gasteiger partial charge in [0.15, 0.2) is 0 Å². The highest BCUT2D eigenvalue weighted by Gasteiger charge is 2.38. The molecular formula is C16H15ClF3N3O2. The largest absolute Gasteiger partial charge is 0.490 e. The second-order valence-corrected chi connectivity index (χ2v) is 5.80. The van der Waals surface area contributed by atoms with Gasteiger partial charge in [0, 0.05) is 29.6 Å². The van der Waals surface area contributed by atoms with Crippen LogP contribution in [0.15, 0.2) is 30.3 Å². The van der Waals surface area contributed by atoms with Crippen LogP contribution < -0.4 is 5.49 Å². The van der Waals surface area contributed by atoms with Gasteiger partial charge in [-0.1, -0.05) is 23.7 Å². The fourth-order valence-electron chi connectivity index (χ4n) is 2.34. The molecule has 0 bridgehead atoms. The molecular weight excluding hydrogens is 359 g/mol. The van der Waals surface area contributed by atoms with Gasteiger partial charge in [0.25, 0.3) is 0 Å². The zero-order valence-electron chi connectivity index (χ0n) is 13.0. The first-order chi connectivity index (χ1) is 11.7. The maximum atomic E-state index is 10.6. The summed E-state index contributed by atoms with van der Waals surface area (Å²) in [6, 6.07) is 9.44. The third kappa shape index (κ3) is 5.06. The van der Waals surface area contributed by atoms with E-state index >= 15 is 0 Å². The van der Waals surface area contributed by atoms with Crippen LogP contribution in [-0.4, -0.2) is 26.8 Å². The van der Waals surface area contributed by atoms with Gasteiger partial charge < -0.3 is 9.67 Å². The summed E-state index contributed by atoms with van der Waals surface area (Å²) in [4.78, 5) is 13.6. The minimum Gasteiger partial charge on any atom is -0.475 e. The number of alkyl halides is 3. The number of aryl methyl sites for hydroxylation is 1. The lowest BCUT2D eigenvalue weighted by atomic mass is 10.1. The molecule has 3 rings (SSSR count). The Morgan fingerprint density at radius 3 is 2.40 bits per heavy atom. The standard InChI is InChI=1S/C14H14ClN3.C2HF3O2/c15-11-6-4-10(5-7-11)12-9-13(16)18-8-2-1-3-14(18)17-12;3-2(4,5)1(6)7/h4-7,9,16H,1-3,8H2;(H,6,7). The van der Waals surface area contributed by atoms with Crippen LogP contribution in [0.1, 0.15) is 18.7 Å². The first-order valence-corrected chi connectivity index (χ1v) is 7.77. The molecule has 0 aliphatic carbocycles. The Bertz CT molecular complexity index is 817. The molecule has 1 aromatic carbocycles. The second-order valence-electron chi connectivity index (χ2n) is 5.36. The molecule has 5 nitrogen and oxygen atoms in total. The molecule has 0 spiro atoms. The number of carboxylic acid groups (broad SMARTS) is 1. The number of carboxylic acids is 1. The normalized spacial score (nSPS) is 13.4. The van der Waals surface area contributed by atoms with Crippen LogP contribution in [-0.2, 0) is 17.8 Å². The van der Waals surface area contributed by atoms with Crippen molar-refractivity contribution in [2.45, 2.75) is 32.0 Å². The van der Waals surface area contributed by atoms with Gasteiger partial charge in [0.1, 0.15) is 11.3 Å². The molecule has 0 saturated carbocycles. The van der Waals surface area contributed by atoms with Crippen LogP contribution in [0.2, 0.25) is 5.02 Å². The lowest BCUT2D eigenvalue weighted by Gasteiger charge is -2.18. The molecule has 1 aromatic heterocycles. The van der Waals surface area contributed by atoms with Crippen LogP contribution in [0.4, 0.5) is 13.2 Å². The molecule has 0 radical (unpaired) electrons. The number of carbonyl (C=O) groups is 1. The summed E-state index contributed by atoms with van der Waals surface area (Å²) in [6.45, 7) is 0.919. The number of aliphatic carboxylic acids is 1. The van der Waals surface area contributed by atoms with Crippen molar-refractivity contribution >= 4 is 17.6 Å². The Morgan fingerprint density at radius 1 is 1.24 bits per heavy atom. The van der Waals surface area contributed by atoms with Crippen molar-refractivity contribution in [1.29, 1.82) is 5.41 Å². The van der Waals surface area contributed by atoms with E-state index in [1.165, 1.54) is 0 Å². The predicted molar refractivity (Wildman–Crippen MR) is 85.2 cm³/mol. The molecule has 2 N–H and O–H groups in total. The van der Waals surface area contributed by atoms with Gasteiger partial charge in [0.2, 0.25) is 0 Å². The number of benzene rings is 1. The van der Waals surface area contributed by atoms with Gasteiger partial charge in [-0.05, 0) is 25.0 Å². The van der Waals surface area contributed by atoms with Gasteiger partial charge in [0.05, 0.1) is 5.69 Å². The number of rotatable bonds is 1. The third-order valence-corrected chi connectivity index (χ3v) is 3.79. The van der Waals surface area contributed by atoms with E-state index in [2.05, 4.69) is 4.98 Å². The van der Waals surface area contributed by atoms with Crippen molar-refractivity contribution in [3.8, 4) is 11.3 Å². The third-order valence-electron chi connectivity index (χ3n) is 3.54. The van der Waals surface area contributed by atoms with Crippen LogP contribution in [0.25, 0.3) is 11.3 Å². The van der Waals surface area contributed by atoms with E-state index in [9.17, 15) is 13.2 Å². The number of halogens is 4. The van der Waals surface area contributed by atoms with E-state index < -0.39 is 12.1 Å². The lowest BCUT2D eigenvalue weighted by molar-refractivity contribution is -0.192. The smallest absolute Gasteiger partial charge is 0.475 e. The topological polar surface area (TPSA) is 79.0 Å². The zero-order valence-corrected chi connectivity index (χ0v) is 13.7. The molecule has 2 aromatic rings. The predicted octanol–water partition coefficient (Wildman–Crippen LogP) is 3.65. The van der Waals surface area contributed by atoms with E-state index in [0.29, 0.717) is 5.49 Å². The van der Waals surface area contributed by atoms with Crippen molar-refractivity contribution in [1.82, 2.24) is 9.55 Å². The molecule has 2 heterocycles. The summed E-state index contributed by atoms with van der Waals surface area (Å²) in [7, 11) is 0. The van der Waals surface area contributed by atoms with Crippen LogP contribution in [0.5, 0.6) is 0 Å². The Morgan fingerprint density at radius 2 is 1.84 bits per heavy atom. The summed E-state index contributed by atoms with van der Waals surface area (Å²) < 4.78 is 33.7. The highest BCUT2D eigenvalue weighted by Crippen LogP contribution is 2.20.